The summed E-state index contributed by atoms with van der Waals surface area (Å²) in [5.74, 6) is 1.35. The van der Waals surface area contributed by atoms with Gasteiger partial charge in [0.25, 0.3) is 0 Å². The van der Waals surface area contributed by atoms with E-state index in [1.54, 1.807) is 6.92 Å². The lowest BCUT2D eigenvalue weighted by Gasteiger charge is -2.26. The van der Waals surface area contributed by atoms with Gasteiger partial charge in [0, 0.05) is 26.2 Å². The molecule has 0 unspecified atom stereocenters. The Labute approximate surface area is 124 Å². The number of hydrogen-bond acceptors (Lipinski definition) is 6. The highest BCUT2D eigenvalue weighted by molar-refractivity contribution is 5.78. The van der Waals surface area contributed by atoms with Crippen LogP contribution in [0.4, 0.5) is 0 Å². The second-order valence-corrected chi connectivity index (χ2v) is 5.75. The molecule has 1 amide bonds. The fourth-order valence-corrected chi connectivity index (χ4v) is 3.06. The number of aromatic nitrogens is 2. The van der Waals surface area contributed by atoms with Crippen LogP contribution in [0, 0.1) is 6.92 Å². The molecule has 3 rings (SSSR count). The van der Waals surface area contributed by atoms with E-state index in [0.717, 1.165) is 45.4 Å². The minimum Gasteiger partial charge on any atom is -0.381 e. The van der Waals surface area contributed by atoms with Crippen LogP contribution in [-0.2, 0) is 9.53 Å². The molecule has 0 saturated carbocycles. The van der Waals surface area contributed by atoms with Crippen LogP contribution in [0.2, 0.25) is 0 Å². The van der Waals surface area contributed by atoms with Crippen molar-refractivity contribution in [2.75, 3.05) is 26.3 Å². The highest BCUT2D eigenvalue weighted by atomic mass is 16.5. The SMILES string of the molecule is Cc1nc([C@H]2CCCN2CC(=O)NC2CCOCC2)no1. The average molecular weight is 294 g/mol. The van der Waals surface area contributed by atoms with Crippen molar-refractivity contribution in [3.63, 3.8) is 0 Å². The molecular weight excluding hydrogens is 272 g/mol. The molecule has 0 spiro atoms. The molecule has 21 heavy (non-hydrogen) atoms. The zero-order chi connectivity index (χ0) is 14.7. The van der Waals surface area contributed by atoms with Crippen LogP contribution in [0.15, 0.2) is 4.52 Å². The zero-order valence-corrected chi connectivity index (χ0v) is 12.4. The third-order valence-corrected chi connectivity index (χ3v) is 4.14. The van der Waals surface area contributed by atoms with Gasteiger partial charge in [0.05, 0.1) is 12.6 Å². The molecule has 2 fully saturated rings. The lowest BCUT2D eigenvalue weighted by atomic mass is 10.1. The summed E-state index contributed by atoms with van der Waals surface area (Å²) in [6, 6.07) is 0.350. The normalized spacial score (nSPS) is 24.3. The Balaban J connectivity index is 1.54. The van der Waals surface area contributed by atoms with Gasteiger partial charge in [-0.05, 0) is 32.2 Å². The Morgan fingerprint density at radius 2 is 2.19 bits per heavy atom. The van der Waals surface area contributed by atoms with E-state index in [2.05, 4.69) is 20.4 Å². The standard InChI is InChI=1S/C14H22N4O3/c1-10-15-14(17-21-10)12-3-2-6-18(12)9-13(19)16-11-4-7-20-8-5-11/h11-12H,2-9H2,1H3,(H,16,19)/t12-/m1/s1. The summed E-state index contributed by atoms with van der Waals surface area (Å²) in [7, 11) is 0. The molecular formula is C14H22N4O3. The van der Waals surface area contributed by atoms with E-state index in [9.17, 15) is 4.79 Å². The Hall–Kier alpha value is -1.47. The highest BCUT2D eigenvalue weighted by Gasteiger charge is 2.31. The van der Waals surface area contributed by atoms with Gasteiger partial charge in [-0.2, -0.15) is 4.98 Å². The lowest BCUT2D eigenvalue weighted by molar-refractivity contribution is -0.123. The smallest absolute Gasteiger partial charge is 0.234 e. The Morgan fingerprint density at radius 1 is 1.38 bits per heavy atom. The predicted molar refractivity (Wildman–Crippen MR) is 74.6 cm³/mol. The van der Waals surface area contributed by atoms with Crippen LogP contribution in [0.5, 0.6) is 0 Å². The van der Waals surface area contributed by atoms with Crippen LogP contribution < -0.4 is 5.32 Å². The Kier molecular flexibility index (Phi) is 4.50. The first kappa shape index (κ1) is 14.5. The third-order valence-electron chi connectivity index (χ3n) is 4.14. The molecule has 7 nitrogen and oxygen atoms in total. The number of carbonyl (C=O) groups excluding carboxylic acids is 1. The molecule has 0 bridgehead atoms. The first-order chi connectivity index (χ1) is 10.2. The van der Waals surface area contributed by atoms with E-state index >= 15 is 0 Å². The molecule has 0 aliphatic carbocycles. The summed E-state index contributed by atoms with van der Waals surface area (Å²) in [5.41, 5.74) is 0. The van der Waals surface area contributed by atoms with Crippen molar-refractivity contribution in [1.29, 1.82) is 0 Å². The van der Waals surface area contributed by atoms with Crippen molar-refractivity contribution in [3.8, 4) is 0 Å². The minimum atomic E-state index is 0.0778. The number of nitrogens with one attached hydrogen (secondary N) is 1. The molecule has 0 aromatic carbocycles. The maximum atomic E-state index is 12.2. The number of nitrogens with zero attached hydrogens (tertiary/aromatic N) is 3. The molecule has 1 N–H and O–H groups in total. The Morgan fingerprint density at radius 3 is 2.90 bits per heavy atom. The number of ether oxygens (including phenoxy) is 1. The van der Waals surface area contributed by atoms with E-state index in [1.165, 1.54) is 0 Å². The summed E-state index contributed by atoms with van der Waals surface area (Å²) in [5, 5.41) is 7.09. The Bertz CT molecular complexity index is 484. The zero-order valence-electron chi connectivity index (χ0n) is 12.4. The first-order valence-electron chi connectivity index (χ1n) is 7.64. The van der Waals surface area contributed by atoms with Crippen LogP contribution >= 0.6 is 0 Å². The molecule has 1 aromatic heterocycles. The molecule has 1 atom stereocenters. The van der Waals surface area contributed by atoms with Gasteiger partial charge < -0.3 is 14.6 Å². The quantitative estimate of drug-likeness (QED) is 0.885. The summed E-state index contributed by atoms with van der Waals surface area (Å²) in [4.78, 5) is 18.6. The van der Waals surface area contributed by atoms with E-state index in [1.807, 2.05) is 0 Å². The van der Waals surface area contributed by atoms with Crippen molar-refractivity contribution in [3.05, 3.63) is 11.7 Å². The number of likely N-dealkylation sites (tertiary alicyclic amines) is 1. The van der Waals surface area contributed by atoms with Crippen molar-refractivity contribution < 1.29 is 14.1 Å². The van der Waals surface area contributed by atoms with E-state index in [4.69, 9.17) is 9.26 Å². The van der Waals surface area contributed by atoms with Gasteiger partial charge in [-0.3, -0.25) is 9.69 Å². The van der Waals surface area contributed by atoms with Gasteiger partial charge in [-0.25, -0.2) is 0 Å². The van der Waals surface area contributed by atoms with Crippen LogP contribution in [-0.4, -0.2) is 53.3 Å². The van der Waals surface area contributed by atoms with Crippen LogP contribution in [0.3, 0.4) is 0 Å². The number of aryl methyl sites for hydroxylation is 1. The van der Waals surface area contributed by atoms with E-state index in [0.29, 0.717) is 18.3 Å². The lowest BCUT2D eigenvalue weighted by Crippen LogP contribution is -2.44. The van der Waals surface area contributed by atoms with Gasteiger partial charge in [-0.1, -0.05) is 5.16 Å². The van der Waals surface area contributed by atoms with Crippen LogP contribution in [0.25, 0.3) is 0 Å². The van der Waals surface area contributed by atoms with E-state index in [-0.39, 0.29) is 18.0 Å². The maximum absolute atomic E-state index is 12.2. The number of amides is 1. The maximum Gasteiger partial charge on any atom is 0.234 e. The summed E-state index contributed by atoms with van der Waals surface area (Å²) in [6.07, 6.45) is 3.84. The summed E-state index contributed by atoms with van der Waals surface area (Å²) >= 11 is 0. The molecule has 1 aromatic rings. The number of rotatable bonds is 4. The molecule has 2 aliphatic heterocycles. The summed E-state index contributed by atoms with van der Waals surface area (Å²) < 4.78 is 10.4. The van der Waals surface area contributed by atoms with Crippen molar-refractivity contribution in [1.82, 2.24) is 20.4 Å². The molecule has 116 valence electrons. The van der Waals surface area contributed by atoms with Gasteiger partial charge >= 0.3 is 0 Å². The molecule has 3 heterocycles. The second kappa shape index (κ2) is 6.53. The fourth-order valence-electron chi connectivity index (χ4n) is 3.06. The third kappa shape index (κ3) is 3.59. The average Bonchev–Trinajstić information content (AvgIpc) is 3.08. The number of hydrogen-bond donors (Lipinski definition) is 1. The van der Waals surface area contributed by atoms with Gasteiger partial charge in [0.1, 0.15) is 0 Å². The van der Waals surface area contributed by atoms with Crippen molar-refractivity contribution in [2.24, 2.45) is 0 Å². The topological polar surface area (TPSA) is 80.5 Å². The molecule has 0 radical (unpaired) electrons. The van der Waals surface area contributed by atoms with Crippen LogP contribution in [0.1, 0.15) is 43.4 Å². The monoisotopic (exact) mass is 294 g/mol. The first-order valence-corrected chi connectivity index (χ1v) is 7.64. The van der Waals surface area contributed by atoms with Gasteiger partial charge in [0.15, 0.2) is 5.82 Å². The predicted octanol–water partition coefficient (Wildman–Crippen LogP) is 0.810. The fraction of sp³-hybridized carbons (Fsp3) is 0.786. The molecule has 7 heteroatoms. The highest BCUT2D eigenvalue weighted by Crippen LogP contribution is 2.29. The van der Waals surface area contributed by atoms with E-state index < -0.39 is 0 Å². The van der Waals surface area contributed by atoms with Gasteiger partial charge in [0.2, 0.25) is 11.8 Å². The molecule has 2 aliphatic rings. The van der Waals surface area contributed by atoms with Gasteiger partial charge in [-0.15, -0.1) is 0 Å². The number of carbonyl (C=O) groups is 1. The van der Waals surface area contributed by atoms with Crippen molar-refractivity contribution >= 4 is 5.91 Å². The largest absolute Gasteiger partial charge is 0.381 e. The minimum absolute atomic E-state index is 0.0778. The molecule has 2 saturated heterocycles. The summed E-state index contributed by atoms with van der Waals surface area (Å²) in [6.45, 7) is 4.56. The second-order valence-electron chi connectivity index (χ2n) is 5.75. The van der Waals surface area contributed by atoms with Crippen molar-refractivity contribution in [2.45, 2.75) is 44.7 Å².